The van der Waals surface area contributed by atoms with Crippen molar-refractivity contribution in [3.05, 3.63) is 34.6 Å². The highest BCUT2D eigenvalue weighted by Crippen LogP contribution is 2.25. The predicted molar refractivity (Wildman–Crippen MR) is 72.0 cm³/mol. The summed E-state index contributed by atoms with van der Waals surface area (Å²) >= 11 is 1.54. The van der Waals surface area contributed by atoms with Crippen LogP contribution in [0.15, 0.2) is 18.2 Å². The average molecular weight is 265 g/mol. The molecule has 0 amide bonds. The summed E-state index contributed by atoms with van der Waals surface area (Å²) in [6, 6.07) is 5.43. The van der Waals surface area contributed by atoms with Gasteiger partial charge >= 0.3 is 0 Å². The van der Waals surface area contributed by atoms with Gasteiger partial charge in [-0.3, -0.25) is 0 Å². The number of hydrogen-bond donors (Lipinski definition) is 1. The summed E-state index contributed by atoms with van der Waals surface area (Å²) in [4.78, 5) is 0. The van der Waals surface area contributed by atoms with E-state index in [0.29, 0.717) is 11.6 Å². The number of aryl methyl sites for hydroxylation is 1. The molecule has 0 bridgehead atoms. The topological polar surface area (TPSA) is 37.8 Å². The van der Waals surface area contributed by atoms with Crippen LogP contribution in [-0.4, -0.2) is 16.2 Å². The molecule has 0 saturated heterocycles. The van der Waals surface area contributed by atoms with Gasteiger partial charge in [-0.25, -0.2) is 4.39 Å². The van der Waals surface area contributed by atoms with E-state index < -0.39 is 0 Å². The molecule has 18 heavy (non-hydrogen) atoms. The van der Waals surface area contributed by atoms with Crippen LogP contribution in [0.1, 0.15) is 24.4 Å². The van der Waals surface area contributed by atoms with E-state index in [-0.39, 0.29) is 5.82 Å². The van der Waals surface area contributed by atoms with Gasteiger partial charge in [0.15, 0.2) is 0 Å². The van der Waals surface area contributed by atoms with Crippen molar-refractivity contribution in [3.8, 4) is 10.6 Å². The third-order valence-electron chi connectivity index (χ3n) is 2.53. The van der Waals surface area contributed by atoms with Crippen LogP contribution in [0.5, 0.6) is 0 Å². The molecule has 0 spiro atoms. The number of nitrogens with zero attached hydrogens (tertiary/aromatic N) is 2. The van der Waals surface area contributed by atoms with Gasteiger partial charge in [0.2, 0.25) is 0 Å². The van der Waals surface area contributed by atoms with Crippen LogP contribution in [0.25, 0.3) is 10.6 Å². The number of hydrogen-bond acceptors (Lipinski definition) is 4. The van der Waals surface area contributed by atoms with Crippen LogP contribution in [0.3, 0.4) is 0 Å². The second-order valence-electron chi connectivity index (χ2n) is 4.50. The van der Waals surface area contributed by atoms with Gasteiger partial charge in [-0.15, -0.1) is 10.2 Å². The van der Waals surface area contributed by atoms with Crippen molar-refractivity contribution in [2.45, 2.75) is 33.4 Å². The fourth-order valence-electron chi connectivity index (χ4n) is 1.51. The van der Waals surface area contributed by atoms with Crippen LogP contribution in [0.2, 0.25) is 0 Å². The summed E-state index contributed by atoms with van der Waals surface area (Å²) in [5.41, 5.74) is 1.55. The van der Waals surface area contributed by atoms with Crippen LogP contribution in [0, 0.1) is 12.7 Å². The maximum absolute atomic E-state index is 13.2. The first-order chi connectivity index (χ1) is 8.56. The third-order valence-corrected chi connectivity index (χ3v) is 3.51. The molecule has 0 aliphatic heterocycles. The molecule has 0 aliphatic carbocycles. The highest BCUT2D eigenvalue weighted by molar-refractivity contribution is 7.14. The highest BCUT2D eigenvalue weighted by atomic mass is 32.1. The summed E-state index contributed by atoms with van der Waals surface area (Å²) in [6.07, 6.45) is 0. The maximum Gasteiger partial charge on any atom is 0.147 e. The first kappa shape index (κ1) is 13.1. The Hall–Kier alpha value is -1.33. The molecule has 2 aromatic rings. The number of halogens is 1. The maximum atomic E-state index is 13.2. The van der Waals surface area contributed by atoms with Crippen LogP contribution >= 0.6 is 11.3 Å². The lowest BCUT2D eigenvalue weighted by Gasteiger charge is -2.03. The zero-order valence-corrected chi connectivity index (χ0v) is 11.5. The van der Waals surface area contributed by atoms with E-state index in [9.17, 15) is 4.39 Å². The van der Waals surface area contributed by atoms with Gasteiger partial charge in [-0.2, -0.15) is 0 Å². The van der Waals surface area contributed by atoms with Crippen molar-refractivity contribution < 1.29 is 4.39 Å². The molecule has 0 atom stereocenters. The van der Waals surface area contributed by atoms with Crippen molar-refractivity contribution in [1.29, 1.82) is 0 Å². The lowest BCUT2D eigenvalue weighted by atomic mass is 10.1. The van der Waals surface area contributed by atoms with E-state index in [1.165, 1.54) is 17.4 Å². The minimum atomic E-state index is -0.190. The summed E-state index contributed by atoms with van der Waals surface area (Å²) in [6.45, 7) is 6.65. The first-order valence-electron chi connectivity index (χ1n) is 5.88. The lowest BCUT2D eigenvalue weighted by Crippen LogP contribution is -2.21. The SMILES string of the molecule is Cc1cc(-c2nnc(CNC(C)C)s2)ccc1F. The fourth-order valence-corrected chi connectivity index (χ4v) is 2.30. The molecule has 1 heterocycles. The summed E-state index contributed by atoms with van der Waals surface area (Å²) in [7, 11) is 0. The van der Waals surface area contributed by atoms with E-state index >= 15 is 0 Å². The molecule has 3 nitrogen and oxygen atoms in total. The quantitative estimate of drug-likeness (QED) is 0.922. The Morgan fingerprint density at radius 1 is 1.33 bits per heavy atom. The molecule has 0 saturated carbocycles. The third kappa shape index (κ3) is 3.11. The Kier molecular flexibility index (Phi) is 4.04. The van der Waals surface area contributed by atoms with E-state index in [1.807, 2.05) is 0 Å². The van der Waals surface area contributed by atoms with Gasteiger partial charge in [0.05, 0.1) is 0 Å². The summed E-state index contributed by atoms with van der Waals surface area (Å²) < 4.78 is 13.2. The van der Waals surface area contributed by atoms with Crippen LogP contribution in [0.4, 0.5) is 4.39 Å². The van der Waals surface area contributed by atoms with E-state index in [1.54, 1.807) is 19.1 Å². The zero-order valence-electron chi connectivity index (χ0n) is 10.7. The first-order valence-corrected chi connectivity index (χ1v) is 6.70. The molecule has 2 rings (SSSR count). The second-order valence-corrected chi connectivity index (χ2v) is 5.56. The largest absolute Gasteiger partial charge is 0.308 e. The highest BCUT2D eigenvalue weighted by Gasteiger charge is 2.08. The van der Waals surface area contributed by atoms with Crippen molar-refractivity contribution in [2.24, 2.45) is 0 Å². The van der Waals surface area contributed by atoms with Gasteiger partial charge < -0.3 is 5.32 Å². The molecule has 1 N–H and O–H groups in total. The summed E-state index contributed by atoms with van der Waals surface area (Å²) in [5.74, 6) is -0.190. The van der Waals surface area contributed by atoms with Crippen LogP contribution in [-0.2, 0) is 6.54 Å². The van der Waals surface area contributed by atoms with E-state index in [0.717, 1.165) is 22.1 Å². The molecular weight excluding hydrogens is 249 g/mol. The minimum absolute atomic E-state index is 0.190. The van der Waals surface area contributed by atoms with Gasteiger partial charge in [0.25, 0.3) is 0 Å². The molecule has 5 heteroatoms. The molecule has 1 aromatic carbocycles. The Morgan fingerprint density at radius 2 is 2.11 bits per heavy atom. The van der Waals surface area contributed by atoms with E-state index in [2.05, 4.69) is 29.4 Å². The van der Waals surface area contributed by atoms with Gasteiger partial charge in [-0.05, 0) is 30.7 Å². The van der Waals surface area contributed by atoms with Crippen LogP contribution < -0.4 is 5.32 Å². The molecule has 0 unspecified atom stereocenters. The second kappa shape index (κ2) is 5.54. The van der Waals surface area contributed by atoms with Gasteiger partial charge in [0.1, 0.15) is 15.8 Å². The van der Waals surface area contributed by atoms with Gasteiger partial charge in [0, 0.05) is 18.2 Å². The Balaban J connectivity index is 2.16. The van der Waals surface area contributed by atoms with Crippen molar-refractivity contribution in [3.63, 3.8) is 0 Å². The Labute approximate surface area is 110 Å². The monoisotopic (exact) mass is 265 g/mol. The minimum Gasteiger partial charge on any atom is -0.308 e. The Bertz CT molecular complexity index is 537. The van der Waals surface area contributed by atoms with Crippen molar-refractivity contribution in [1.82, 2.24) is 15.5 Å². The van der Waals surface area contributed by atoms with Gasteiger partial charge in [-0.1, -0.05) is 25.2 Å². The molecule has 0 aliphatic rings. The number of rotatable bonds is 4. The van der Waals surface area contributed by atoms with Crippen molar-refractivity contribution in [2.75, 3.05) is 0 Å². The molecule has 1 aromatic heterocycles. The molecule has 0 fully saturated rings. The predicted octanol–water partition coefficient (Wildman–Crippen LogP) is 3.15. The number of aromatic nitrogens is 2. The Morgan fingerprint density at radius 3 is 2.78 bits per heavy atom. The molecular formula is C13H16FN3S. The molecule has 0 radical (unpaired) electrons. The van der Waals surface area contributed by atoms with E-state index in [4.69, 9.17) is 0 Å². The lowest BCUT2D eigenvalue weighted by molar-refractivity contribution is 0.585. The number of nitrogens with one attached hydrogen (secondary N) is 1. The normalized spacial score (nSPS) is 11.2. The number of benzene rings is 1. The molecule has 96 valence electrons. The fraction of sp³-hybridized carbons (Fsp3) is 0.385. The smallest absolute Gasteiger partial charge is 0.147 e. The summed E-state index contributed by atoms with van der Waals surface area (Å²) in [5, 5.41) is 13.3. The van der Waals surface area contributed by atoms with Crippen molar-refractivity contribution >= 4 is 11.3 Å². The zero-order chi connectivity index (χ0) is 13.1. The standard InChI is InChI=1S/C13H16FN3S/c1-8(2)15-7-12-16-17-13(18-12)10-4-5-11(14)9(3)6-10/h4-6,8,15H,7H2,1-3H3. The average Bonchev–Trinajstić information content (AvgIpc) is 2.79.